The van der Waals surface area contributed by atoms with Crippen LogP contribution in [0.5, 0.6) is 0 Å². The monoisotopic (exact) mass is 236 g/mol. The van der Waals surface area contributed by atoms with E-state index in [9.17, 15) is 0 Å². The molecule has 1 heterocycles. The summed E-state index contributed by atoms with van der Waals surface area (Å²) in [5, 5.41) is 0. The molecule has 90 valence electrons. The third-order valence-electron chi connectivity index (χ3n) is 2.46. The number of hydrogen-bond donors (Lipinski definition) is 0. The van der Waals surface area contributed by atoms with Crippen molar-refractivity contribution >= 4 is 11.6 Å². The largest absolute Gasteiger partial charge is 0.378 e. The van der Waals surface area contributed by atoms with E-state index in [1.54, 1.807) is 0 Å². The smallest absolute Gasteiger partial charge is 0.0704 e. The van der Waals surface area contributed by atoms with Gasteiger partial charge >= 0.3 is 0 Å². The van der Waals surface area contributed by atoms with E-state index in [1.165, 1.54) is 0 Å². The minimum atomic E-state index is 0.308. The average Bonchev–Trinajstić information content (AvgIpc) is 2.16. The first-order valence-corrected chi connectivity index (χ1v) is 6.16. The summed E-state index contributed by atoms with van der Waals surface area (Å²) >= 11 is 5.49. The van der Waals surface area contributed by atoms with Crippen molar-refractivity contribution in [1.82, 2.24) is 0 Å². The second-order valence-corrected chi connectivity index (χ2v) is 4.40. The molecule has 15 heavy (non-hydrogen) atoms. The molecule has 4 heteroatoms. The van der Waals surface area contributed by atoms with Crippen molar-refractivity contribution in [2.45, 2.75) is 45.0 Å². The van der Waals surface area contributed by atoms with Crippen molar-refractivity contribution in [3.8, 4) is 0 Å². The fourth-order valence-corrected chi connectivity index (χ4v) is 2.02. The Hall–Kier alpha value is 0.170. The molecule has 1 saturated heterocycles. The molecular formula is C11H21ClO3. The van der Waals surface area contributed by atoms with Crippen molar-refractivity contribution in [3.63, 3.8) is 0 Å². The van der Waals surface area contributed by atoms with Gasteiger partial charge in [-0.3, -0.25) is 0 Å². The first-order valence-electron chi connectivity index (χ1n) is 5.63. The molecular weight excluding hydrogens is 216 g/mol. The van der Waals surface area contributed by atoms with Crippen LogP contribution in [-0.4, -0.2) is 44.0 Å². The van der Waals surface area contributed by atoms with E-state index in [0.29, 0.717) is 44.0 Å². The summed E-state index contributed by atoms with van der Waals surface area (Å²) in [6.45, 7) is 6.07. The lowest BCUT2D eigenvalue weighted by atomic mass is 10.0. The molecule has 1 fully saturated rings. The number of hydrogen-bond acceptors (Lipinski definition) is 3. The van der Waals surface area contributed by atoms with Crippen LogP contribution in [0.3, 0.4) is 0 Å². The zero-order valence-electron chi connectivity index (χ0n) is 9.58. The molecule has 0 spiro atoms. The maximum atomic E-state index is 5.72. The lowest BCUT2D eigenvalue weighted by molar-refractivity contribution is -0.108. The van der Waals surface area contributed by atoms with Gasteiger partial charge in [-0.15, -0.1) is 11.6 Å². The van der Waals surface area contributed by atoms with Gasteiger partial charge < -0.3 is 14.2 Å². The summed E-state index contributed by atoms with van der Waals surface area (Å²) in [5.74, 6) is 0.547. The highest BCUT2D eigenvalue weighted by Gasteiger charge is 2.24. The van der Waals surface area contributed by atoms with Crippen LogP contribution >= 0.6 is 11.6 Å². The van der Waals surface area contributed by atoms with Gasteiger partial charge in [-0.1, -0.05) is 0 Å². The average molecular weight is 237 g/mol. The Morgan fingerprint density at radius 3 is 2.40 bits per heavy atom. The number of ether oxygens (including phenoxy) is 3. The van der Waals surface area contributed by atoms with E-state index < -0.39 is 0 Å². The van der Waals surface area contributed by atoms with Crippen LogP contribution in [0, 0.1) is 0 Å². The van der Waals surface area contributed by atoms with Crippen molar-refractivity contribution < 1.29 is 14.2 Å². The second-order valence-electron chi connectivity index (χ2n) is 4.02. The number of rotatable bonds is 6. The zero-order chi connectivity index (χ0) is 11.1. The minimum absolute atomic E-state index is 0.308. The maximum Gasteiger partial charge on any atom is 0.0704 e. The van der Waals surface area contributed by atoms with Crippen LogP contribution in [-0.2, 0) is 14.2 Å². The van der Waals surface area contributed by atoms with E-state index in [1.807, 2.05) is 0 Å². The molecule has 0 aromatic carbocycles. The summed E-state index contributed by atoms with van der Waals surface area (Å²) in [5.41, 5.74) is 0. The lowest BCUT2D eigenvalue weighted by Crippen LogP contribution is -2.34. The van der Waals surface area contributed by atoms with Crippen LogP contribution in [0.25, 0.3) is 0 Å². The standard InChI is InChI=1S/C11H21ClO3/c1-9-7-11(8-10(2)15-9)14-6-5-13-4-3-12/h9-11H,3-8H2,1-2H3. The van der Waals surface area contributed by atoms with Crippen LogP contribution in [0.1, 0.15) is 26.7 Å². The fraction of sp³-hybridized carbons (Fsp3) is 1.00. The quantitative estimate of drug-likeness (QED) is 0.523. The van der Waals surface area contributed by atoms with Crippen molar-refractivity contribution in [2.24, 2.45) is 0 Å². The van der Waals surface area contributed by atoms with E-state index in [-0.39, 0.29) is 0 Å². The third-order valence-corrected chi connectivity index (χ3v) is 2.61. The van der Waals surface area contributed by atoms with Gasteiger partial charge in [-0.2, -0.15) is 0 Å². The van der Waals surface area contributed by atoms with Crippen molar-refractivity contribution in [1.29, 1.82) is 0 Å². The Labute approximate surface area is 97.0 Å². The summed E-state index contributed by atoms with van der Waals surface area (Å²) in [4.78, 5) is 0. The first-order chi connectivity index (χ1) is 7.22. The van der Waals surface area contributed by atoms with Gasteiger partial charge in [-0.05, 0) is 26.7 Å². The molecule has 3 nitrogen and oxygen atoms in total. The molecule has 0 aromatic heterocycles. The molecule has 0 amide bonds. The highest BCUT2D eigenvalue weighted by Crippen LogP contribution is 2.21. The molecule has 2 atom stereocenters. The molecule has 2 unspecified atom stereocenters. The SMILES string of the molecule is CC1CC(OCCOCCCl)CC(C)O1. The van der Waals surface area contributed by atoms with Crippen LogP contribution in [0.4, 0.5) is 0 Å². The van der Waals surface area contributed by atoms with E-state index in [4.69, 9.17) is 25.8 Å². The van der Waals surface area contributed by atoms with Gasteiger partial charge in [0.15, 0.2) is 0 Å². The van der Waals surface area contributed by atoms with Crippen LogP contribution in [0.2, 0.25) is 0 Å². The summed E-state index contributed by atoms with van der Waals surface area (Å²) in [6, 6.07) is 0. The maximum absolute atomic E-state index is 5.72. The number of halogens is 1. The molecule has 0 bridgehead atoms. The topological polar surface area (TPSA) is 27.7 Å². The molecule has 1 aliphatic rings. The molecule has 0 saturated carbocycles. The van der Waals surface area contributed by atoms with Crippen molar-refractivity contribution in [2.75, 3.05) is 25.7 Å². The predicted molar refractivity (Wildman–Crippen MR) is 60.5 cm³/mol. The summed E-state index contributed by atoms with van der Waals surface area (Å²) < 4.78 is 16.6. The Morgan fingerprint density at radius 1 is 1.13 bits per heavy atom. The van der Waals surface area contributed by atoms with Crippen molar-refractivity contribution in [3.05, 3.63) is 0 Å². The molecule has 0 aromatic rings. The van der Waals surface area contributed by atoms with Gasteiger partial charge in [-0.25, -0.2) is 0 Å². The van der Waals surface area contributed by atoms with Crippen LogP contribution < -0.4 is 0 Å². The second kappa shape index (κ2) is 7.44. The van der Waals surface area contributed by atoms with Gasteiger partial charge in [0.05, 0.1) is 38.1 Å². The number of alkyl halides is 1. The van der Waals surface area contributed by atoms with E-state index >= 15 is 0 Å². The molecule has 0 N–H and O–H groups in total. The fourth-order valence-electron chi connectivity index (χ4n) is 1.91. The summed E-state index contributed by atoms with van der Waals surface area (Å²) in [6.07, 6.45) is 2.91. The molecule has 1 aliphatic heterocycles. The predicted octanol–water partition coefficient (Wildman–Crippen LogP) is 2.21. The van der Waals surface area contributed by atoms with Gasteiger partial charge in [0.2, 0.25) is 0 Å². The van der Waals surface area contributed by atoms with E-state index in [2.05, 4.69) is 13.8 Å². The minimum Gasteiger partial charge on any atom is -0.378 e. The zero-order valence-corrected chi connectivity index (χ0v) is 10.3. The van der Waals surface area contributed by atoms with E-state index in [0.717, 1.165) is 12.8 Å². The van der Waals surface area contributed by atoms with Crippen LogP contribution in [0.15, 0.2) is 0 Å². The first kappa shape index (κ1) is 13.2. The highest BCUT2D eigenvalue weighted by molar-refractivity contribution is 6.17. The normalized spacial score (nSPS) is 31.8. The van der Waals surface area contributed by atoms with Gasteiger partial charge in [0, 0.05) is 5.88 Å². The van der Waals surface area contributed by atoms with Gasteiger partial charge in [0.1, 0.15) is 0 Å². The molecule has 0 radical (unpaired) electrons. The molecule has 1 rings (SSSR count). The Morgan fingerprint density at radius 2 is 1.80 bits per heavy atom. The Balaban J connectivity index is 2.04. The highest BCUT2D eigenvalue weighted by atomic mass is 35.5. The third kappa shape index (κ3) is 5.71. The Bertz CT molecular complexity index is 156. The summed E-state index contributed by atoms with van der Waals surface area (Å²) in [7, 11) is 0. The van der Waals surface area contributed by atoms with Gasteiger partial charge in [0.25, 0.3) is 0 Å². The Kier molecular flexibility index (Phi) is 6.57. The lowest BCUT2D eigenvalue weighted by Gasteiger charge is -2.31. The molecule has 0 aliphatic carbocycles.